The zero-order valence-electron chi connectivity index (χ0n) is 9.59. The van der Waals surface area contributed by atoms with Crippen LogP contribution >= 0.6 is 0 Å². The summed E-state index contributed by atoms with van der Waals surface area (Å²) in [6.07, 6.45) is 2.93. The Kier molecular flexibility index (Phi) is 3.14. The van der Waals surface area contributed by atoms with Gasteiger partial charge < -0.3 is 10.5 Å². The van der Waals surface area contributed by atoms with Crippen molar-refractivity contribution in [2.75, 3.05) is 12.0 Å². The van der Waals surface area contributed by atoms with Gasteiger partial charge in [0, 0.05) is 18.1 Å². The maximum atomic E-state index is 12.0. The minimum atomic E-state index is -1.24. The van der Waals surface area contributed by atoms with Crippen molar-refractivity contribution in [3.8, 4) is 0 Å². The highest BCUT2D eigenvalue weighted by atomic mass is 16.4. The van der Waals surface area contributed by atoms with Gasteiger partial charge in [0.2, 0.25) is 5.43 Å². The van der Waals surface area contributed by atoms with Gasteiger partial charge in [-0.2, -0.15) is 0 Å². The maximum absolute atomic E-state index is 12.0. The van der Waals surface area contributed by atoms with Crippen molar-refractivity contribution in [1.82, 2.24) is 4.68 Å². The first kappa shape index (κ1) is 11.9. The van der Waals surface area contributed by atoms with Crippen LogP contribution in [0.2, 0.25) is 0 Å². The molecule has 2 N–H and O–H groups in total. The number of hydrogen-bond acceptors (Lipinski definition) is 3. The number of carboxylic acids is 1. The van der Waals surface area contributed by atoms with Crippen molar-refractivity contribution in [2.24, 2.45) is 0 Å². The largest absolute Gasteiger partial charge is 0.477 e. The molecule has 0 aliphatic carbocycles. The first-order valence-electron chi connectivity index (χ1n) is 5.37. The van der Waals surface area contributed by atoms with E-state index in [1.165, 1.54) is 10.9 Å². The van der Waals surface area contributed by atoms with Gasteiger partial charge in [0.25, 0.3) is 0 Å². The number of benzene rings is 1. The van der Waals surface area contributed by atoms with E-state index < -0.39 is 11.4 Å². The van der Waals surface area contributed by atoms with Crippen molar-refractivity contribution in [1.29, 1.82) is 0 Å². The third-order valence-corrected chi connectivity index (χ3v) is 2.55. The Morgan fingerprint density at radius 2 is 2.17 bits per heavy atom. The minimum absolute atomic E-state index is 0.259. The summed E-state index contributed by atoms with van der Waals surface area (Å²) in [6.45, 7) is 4.04. The topological polar surface area (TPSA) is 71.3 Å². The Morgan fingerprint density at radius 3 is 2.83 bits per heavy atom. The third kappa shape index (κ3) is 1.98. The van der Waals surface area contributed by atoms with Crippen molar-refractivity contribution in [2.45, 2.75) is 0 Å². The molecular weight excluding hydrogens is 232 g/mol. The average molecular weight is 244 g/mol. The number of carboxylic acid groups (broad SMARTS) is 1. The van der Waals surface area contributed by atoms with Gasteiger partial charge in [0.05, 0.1) is 5.52 Å². The number of nitrogens with one attached hydrogen (secondary N) is 1. The maximum Gasteiger partial charge on any atom is 0.341 e. The summed E-state index contributed by atoms with van der Waals surface area (Å²) in [5.41, 5.74) is 2.85. The number of hydrogen-bond donors (Lipinski definition) is 2. The second-order valence-electron chi connectivity index (χ2n) is 3.72. The molecule has 5 heteroatoms. The van der Waals surface area contributed by atoms with Gasteiger partial charge in [-0.15, -0.1) is 6.58 Å². The standard InChI is InChI=1S/C13H12N2O3/c1-2-7-14-15-8-10(13(17)18)12(16)9-5-3-4-6-11(9)15/h2-6,8,14H,1,7H2,(H,17,18). The molecule has 0 atom stereocenters. The summed E-state index contributed by atoms with van der Waals surface area (Å²) in [5.74, 6) is -1.24. The van der Waals surface area contributed by atoms with Gasteiger partial charge in [0.15, 0.2) is 0 Å². The van der Waals surface area contributed by atoms with Crippen LogP contribution in [0, 0.1) is 0 Å². The highest BCUT2D eigenvalue weighted by molar-refractivity contribution is 5.92. The number of fused-ring (bicyclic) bond motifs is 1. The average Bonchev–Trinajstić information content (AvgIpc) is 2.38. The molecule has 0 amide bonds. The van der Waals surface area contributed by atoms with Crippen LogP contribution in [-0.2, 0) is 0 Å². The number of para-hydroxylation sites is 1. The summed E-state index contributed by atoms with van der Waals surface area (Å²) >= 11 is 0. The molecule has 2 rings (SSSR count). The molecule has 5 nitrogen and oxygen atoms in total. The van der Waals surface area contributed by atoms with Gasteiger partial charge in [-0.05, 0) is 12.1 Å². The summed E-state index contributed by atoms with van der Waals surface area (Å²) in [5, 5.41) is 9.38. The Balaban J connectivity index is 2.75. The minimum Gasteiger partial charge on any atom is -0.477 e. The van der Waals surface area contributed by atoms with E-state index in [0.29, 0.717) is 17.4 Å². The monoisotopic (exact) mass is 244 g/mol. The van der Waals surface area contributed by atoms with Crippen molar-refractivity contribution >= 4 is 16.9 Å². The third-order valence-electron chi connectivity index (χ3n) is 2.55. The highest BCUT2D eigenvalue weighted by Crippen LogP contribution is 2.10. The van der Waals surface area contributed by atoms with E-state index in [9.17, 15) is 9.59 Å². The van der Waals surface area contributed by atoms with Crippen LogP contribution in [-0.4, -0.2) is 22.3 Å². The quantitative estimate of drug-likeness (QED) is 0.798. The van der Waals surface area contributed by atoms with E-state index in [-0.39, 0.29) is 5.56 Å². The molecule has 0 aliphatic rings. The van der Waals surface area contributed by atoms with Gasteiger partial charge in [-0.25, -0.2) is 4.79 Å². The molecule has 1 aromatic carbocycles. The predicted molar refractivity (Wildman–Crippen MR) is 69.6 cm³/mol. The molecule has 0 saturated heterocycles. The number of aromatic carboxylic acids is 1. The Hall–Kier alpha value is -2.56. The lowest BCUT2D eigenvalue weighted by molar-refractivity contribution is 0.0695. The predicted octanol–water partition coefficient (Wildman–Crippen LogP) is 1.43. The lowest BCUT2D eigenvalue weighted by Gasteiger charge is -2.13. The van der Waals surface area contributed by atoms with Crippen LogP contribution in [0.3, 0.4) is 0 Å². The molecule has 0 spiro atoms. The second kappa shape index (κ2) is 4.75. The van der Waals surface area contributed by atoms with Crippen LogP contribution < -0.4 is 10.9 Å². The first-order chi connectivity index (χ1) is 8.65. The van der Waals surface area contributed by atoms with Gasteiger partial charge >= 0.3 is 5.97 Å². The zero-order chi connectivity index (χ0) is 13.1. The van der Waals surface area contributed by atoms with Crippen LogP contribution in [0.25, 0.3) is 10.9 Å². The van der Waals surface area contributed by atoms with E-state index in [4.69, 9.17) is 5.11 Å². The molecule has 0 unspecified atom stereocenters. The fourth-order valence-electron chi connectivity index (χ4n) is 1.72. The summed E-state index contributed by atoms with van der Waals surface area (Å²) in [4.78, 5) is 23.0. The SMILES string of the molecule is C=CCNn1cc(C(=O)O)c(=O)c2ccccc21. The molecule has 1 aromatic heterocycles. The Morgan fingerprint density at radius 1 is 1.44 bits per heavy atom. The molecule has 92 valence electrons. The van der Waals surface area contributed by atoms with Gasteiger partial charge in [0.1, 0.15) is 5.56 Å². The van der Waals surface area contributed by atoms with Crippen molar-refractivity contribution in [3.05, 3.63) is 58.9 Å². The molecule has 2 aromatic rings. The summed E-state index contributed by atoms with van der Waals surface area (Å²) in [7, 11) is 0. The Labute approximate surface area is 103 Å². The fourth-order valence-corrected chi connectivity index (χ4v) is 1.72. The molecule has 18 heavy (non-hydrogen) atoms. The lowest BCUT2D eigenvalue weighted by atomic mass is 10.1. The molecule has 0 aliphatic heterocycles. The van der Waals surface area contributed by atoms with Gasteiger partial charge in [-0.3, -0.25) is 9.47 Å². The van der Waals surface area contributed by atoms with E-state index in [1.807, 2.05) is 0 Å². The van der Waals surface area contributed by atoms with E-state index in [2.05, 4.69) is 12.0 Å². The number of rotatable bonds is 4. The number of aromatic nitrogens is 1. The van der Waals surface area contributed by atoms with Crippen LogP contribution in [0.1, 0.15) is 10.4 Å². The lowest BCUT2D eigenvalue weighted by Crippen LogP contribution is -2.23. The number of carbonyl (C=O) groups is 1. The number of pyridine rings is 1. The van der Waals surface area contributed by atoms with E-state index in [1.54, 1.807) is 30.3 Å². The second-order valence-corrected chi connectivity index (χ2v) is 3.72. The zero-order valence-corrected chi connectivity index (χ0v) is 9.59. The molecule has 0 radical (unpaired) electrons. The molecule has 0 fully saturated rings. The molecular formula is C13H12N2O3. The molecule has 0 bridgehead atoms. The van der Waals surface area contributed by atoms with Crippen molar-refractivity contribution in [3.63, 3.8) is 0 Å². The van der Waals surface area contributed by atoms with Crippen LogP contribution in [0.5, 0.6) is 0 Å². The van der Waals surface area contributed by atoms with Crippen LogP contribution in [0.15, 0.2) is 47.9 Å². The highest BCUT2D eigenvalue weighted by Gasteiger charge is 2.13. The molecule has 1 heterocycles. The smallest absolute Gasteiger partial charge is 0.341 e. The molecule has 0 saturated carbocycles. The van der Waals surface area contributed by atoms with E-state index >= 15 is 0 Å². The summed E-state index contributed by atoms with van der Waals surface area (Å²) in [6, 6.07) is 6.84. The van der Waals surface area contributed by atoms with E-state index in [0.717, 1.165) is 0 Å². The fraction of sp³-hybridized carbons (Fsp3) is 0.0769. The van der Waals surface area contributed by atoms with Gasteiger partial charge in [-0.1, -0.05) is 18.2 Å². The van der Waals surface area contributed by atoms with Crippen molar-refractivity contribution < 1.29 is 9.90 Å². The first-order valence-corrected chi connectivity index (χ1v) is 5.37. The van der Waals surface area contributed by atoms with Crippen LogP contribution in [0.4, 0.5) is 0 Å². The normalized spacial score (nSPS) is 10.2. The summed E-state index contributed by atoms with van der Waals surface area (Å²) < 4.78 is 1.53. The number of nitrogens with zero attached hydrogens (tertiary/aromatic N) is 1. The Bertz CT molecular complexity index is 673.